The first-order chi connectivity index (χ1) is 17.3. The van der Waals surface area contributed by atoms with Crippen LogP contribution < -0.4 is 0 Å². The zero-order valence-electron chi connectivity index (χ0n) is 22.3. The zero-order chi connectivity index (χ0) is 25.2. The molecule has 1 aliphatic carbocycles. The summed E-state index contributed by atoms with van der Waals surface area (Å²) in [6.07, 6.45) is 4.17. The summed E-state index contributed by atoms with van der Waals surface area (Å²) < 4.78 is 6.75. The van der Waals surface area contributed by atoms with Gasteiger partial charge in [-0.3, -0.25) is 4.98 Å². The summed E-state index contributed by atoms with van der Waals surface area (Å²) in [5.41, 5.74) is 12.1. The van der Waals surface area contributed by atoms with E-state index in [1.54, 1.807) is 0 Å². The van der Waals surface area contributed by atoms with E-state index >= 15 is 0 Å². The van der Waals surface area contributed by atoms with E-state index in [9.17, 15) is 0 Å². The van der Waals surface area contributed by atoms with Crippen molar-refractivity contribution in [2.24, 2.45) is 11.8 Å². The lowest BCUT2D eigenvalue weighted by Gasteiger charge is -2.35. The SMILES string of the molecule is Cc1ccnc(-c2c(C)ccc3c2oc2cc4c(cc23)-c2ccccc2C4(CC(C)C)CC(C)C)c1. The fourth-order valence-corrected chi connectivity index (χ4v) is 6.79. The average molecular weight is 474 g/mol. The molecule has 0 fully saturated rings. The van der Waals surface area contributed by atoms with E-state index in [0.717, 1.165) is 35.3 Å². The summed E-state index contributed by atoms with van der Waals surface area (Å²) in [5, 5.41) is 2.36. The lowest BCUT2D eigenvalue weighted by Crippen LogP contribution is -2.29. The van der Waals surface area contributed by atoms with E-state index in [-0.39, 0.29) is 5.41 Å². The first-order valence-corrected chi connectivity index (χ1v) is 13.3. The van der Waals surface area contributed by atoms with Crippen LogP contribution in [0, 0.1) is 25.7 Å². The molecular weight excluding hydrogens is 438 g/mol. The van der Waals surface area contributed by atoms with E-state index in [4.69, 9.17) is 9.40 Å². The number of aromatic nitrogens is 1. The molecule has 2 nitrogen and oxygen atoms in total. The second-order valence-electron chi connectivity index (χ2n) is 11.7. The first-order valence-electron chi connectivity index (χ1n) is 13.3. The summed E-state index contributed by atoms with van der Waals surface area (Å²) in [5.74, 6) is 1.19. The molecule has 0 aliphatic heterocycles. The van der Waals surface area contributed by atoms with Crippen LogP contribution in [0.4, 0.5) is 0 Å². The van der Waals surface area contributed by atoms with Gasteiger partial charge in [-0.25, -0.2) is 0 Å². The van der Waals surface area contributed by atoms with Gasteiger partial charge in [-0.05, 0) is 96.2 Å². The van der Waals surface area contributed by atoms with Crippen molar-refractivity contribution in [3.63, 3.8) is 0 Å². The van der Waals surface area contributed by atoms with Crippen LogP contribution in [0.1, 0.15) is 62.8 Å². The van der Waals surface area contributed by atoms with Crippen LogP contribution in [0.5, 0.6) is 0 Å². The van der Waals surface area contributed by atoms with Gasteiger partial charge in [0.2, 0.25) is 0 Å². The molecule has 0 amide bonds. The van der Waals surface area contributed by atoms with Crippen molar-refractivity contribution in [2.75, 3.05) is 0 Å². The van der Waals surface area contributed by atoms with Gasteiger partial charge in [-0.2, -0.15) is 0 Å². The highest BCUT2D eigenvalue weighted by atomic mass is 16.3. The Morgan fingerprint density at radius 3 is 2.25 bits per heavy atom. The van der Waals surface area contributed by atoms with Crippen molar-refractivity contribution in [1.29, 1.82) is 0 Å². The van der Waals surface area contributed by atoms with Crippen molar-refractivity contribution >= 4 is 21.9 Å². The van der Waals surface area contributed by atoms with Crippen LogP contribution in [0.3, 0.4) is 0 Å². The van der Waals surface area contributed by atoms with Gasteiger partial charge in [0.25, 0.3) is 0 Å². The number of rotatable bonds is 5. The molecule has 5 aromatic rings. The summed E-state index contributed by atoms with van der Waals surface area (Å²) in [6.45, 7) is 13.7. The van der Waals surface area contributed by atoms with Crippen molar-refractivity contribution < 1.29 is 4.42 Å². The summed E-state index contributed by atoms with van der Waals surface area (Å²) in [6, 6.07) is 22.5. The Balaban J connectivity index is 1.67. The van der Waals surface area contributed by atoms with E-state index in [2.05, 4.69) is 96.1 Å². The van der Waals surface area contributed by atoms with Crippen molar-refractivity contribution in [1.82, 2.24) is 4.98 Å². The van der Waals surface area contributed by atoms with Crippen LogP contribution in [-0.4, -0.2) is 4.98 Å². The van der Waals surface area contributed by atoms with E-state index in [1.807, 2.05) is 12.3 Å². The van der Waals surface area contributed by atoms with Crippen LogP contribution in [-0.2, 0) is 5.41 Å². The third kappa shape index (κ3) is 3.42. The Morgan fingerprint density at radius 2 is 1.53 bits per heavy atom. The molecule has 6 rings (SSSR count). The smallest absolute Gasteiger partial charge is 0.145 e. The number of nitrogens with zero attached hydrogens (tertiary/aromatic N) is 1. The lowest BCUT2D eigenvalue weighted by molar-refractivity contribution is 0.337. The fourth-order valence-electron chi connectivity index (χ4n) is 6.79. The average Bonchev–Trinajstić information content (AvgIpc) is 3.30. The first kappa shape index (κ1) is 23.0. The van der Waals surface area contributed by atoms with Crippen LogP contribution >= 0.6 is 0 Å². The van der Waals surface area contributed by atoms with Crippen molar-refractivity contribution in [2.45, 2.75) is 59.8 Å². The second kappa shape index (κ2) is 8.34. The van der Waals surface area contributed by atoms with Gasteiger partial charge >= 0.3 is 0 Å². The van der Waals surface area contributed by atoms with Crippen LogP contribution in [0.2, 0.25) is 0 Å². The molecule has 36 heavy (non-hydrogen) atoms. The maximum atomic E-state index is 6.75. The number of hydrogen-bond donors (Lipinski definition) is 0. The minimum Gasteiger partial charge on any atom is -0.455 e. The van der Waals surface area contributed by atoms with E-state index in [0.29, 0.717) is 11.8 Å². The van der Waals surface area contributed by atoms with Gasteiger partial charge in [0.1, 0.15) is 11.2 Å². The Bertz CT molecular complexity index is 1610. The normalized spacial score (nSPS) is 14.2. The molecule has 0 N–H and O–H groups in total. The van der Waals surface area contributed by atoms with Gasteiger partial charge in [-0.1, -0.05) is 64.1 Å². The number of hydrogen-bond acceptors (Lipinski definition) is 2. The molecular formula is C34H35NO. The van der Waals surface area contributed by atoms with Crippen molar-refractivity contribution in [3.05, 3.63) is 89.1 Å². The highest BCUT2D eigenvalue weighted by Crippen LogP contribution is 2.56. The molecule has 0 spiro atoms. The van der Waals surface area contributed by atoms with Gasteiger partial charge in [-0.15, -0.1) is 0 Å². The monoisotopic (exact) mass is 473 g/mol. The Morgan fingerprint density at radius 1 is 0.778 bits per heavy atom. The van der Waals surface area contributed by atoms with Gasteiger partial charge in [0, 0.05) is 27.9 Å². The maximum Gasteiger partial charge on any atom is 0.145 e. The van der Waals surface area contributed by atoms with E-state index in [1.165, 1.54) is 44.2 Å². The molecule has 1 aliphatic rings. The number of furan rings is 1. The minimum absolute atomic E-state index is 0.0122. The number of pyridine rings is 1. The third-order valence-corrected chi connectivity index (χ3v) is 7.92. The standard InChI is InChI=1S/C34H35NO/c1-20(2)18-34(19-21(3)4)28-10-8-7-9-24(28)26-16-27-25-12-11-23(6)32(30-15-22(5)13-14-35-30)33(25)36-31(27)17-29(26)34/h7-17,20-21H,18-19H2,1-6H3. The van der Waals surface area contributed by atoms with Crippen molar-refractivity contribution in [3.8, 4) is 22.4 Å². The van der Waals surface area contributed by atoms with Gasteiger partial charge in [0.05, 0.1) is 5.69 Å². The van der Waals surface area contributed by atoms with Gasteiger partial charge in [0.15, 0.2) is 0 Å². The fraction of sp³-hybridized carbons (Fsp3) is 0.324. The number of benzene rings is 3. The molecule has 2 heteroatoms. The van der Waals surface area contributed by atoms with Gasteiger partial charge < -0.3 is 4.42 Å². The predicted octanol–water partition coefficient (Wildman–Crippen LogP) is 9.62. The Kier molecular flexibility index (Phi) is 5.33. The molecule has 182 valence electrons. The topological polar surface area (TPSA) is 26.0 Å². The quantitative estimate of drug-likeness (QED) is 0.254. The Labute approximate surface area is 214 Å². The number of aryl methyl sites for hydroxylation is 2. The summed E-state index contributed by atoms with van der Waals surface area (Å²) in [4.78, 5) is 4.71. The molecule has 0 atom stereocenters. The van der Waals surface area contributed by atoms with Crippen LogP contribution in [0.15, 0.2) is 71.3 Å². The lowest BCUT2D eigenvalue weighted by atomic mass is 9.68. The molecule has 0 saturated carbocycles. The summed E-state index contributed by atoms with van der Waals surface area (Å²) in [7, 11) is 0. The molecule has 0 unspecified atom stereocenters. The molecule has 0 saturated heterocycles. The molecule has 0 radical (unpaired) electrons. The largest absolute Gasteiger partial charge is 0.455 e. The maximum absolute atomic E-state index is 6.75. The molecule has 0 bridgehead atoms. The number of fused-ring (bicyclic) bond motifs is 6. The highest BCUT2D eigenvalue weighted by Gasteiger charge is 2.44. The zero-order valence-corrected chi connectivity index (χ0v) is 22.3. The predicted molar refractivity (Wildman–Crippen MR) is 152 cm³/mol. The molecule has 3 aromatic carbocycles. The molecule has 2 aromatic heterocycles. The molecule has 2 heterocycles. The van der Waals surface area contributed by atoms with E-state index < -0.39 is 0 Å². The van der Waals surface area contributed by atoms with Crippen LogP contribution in [0.25, 0.3) is 44.3 Å². The summed E-state index contributed by atoms with van der Waals surface area (Å²) >= 11 is 0. The third-order valence-electron chi connectivity index (χ3n) is 7.92. The highest BCUT2D eigenvalue weighted by molar-refractivity contribution is 6.11. The second-order valence-corrected chi connectivity index (χ2v) is 11.7. The minimum atomic E-state index is 0.0122. The Hall–Kier alpha value is -3.39.